The average molecular weight is 403 g/mol. The molecule has 2 aromatic rings. The van der Waals surface area contributed by atoms with E-state index in [-0.39, 0.29) is 5.13 Å². The summed E-state index contributed by atoms with van der Waals surface area (Å²) in [5.41, 5.74) is 2.77. The molecule has 1 heterocycles. The van der Waals surface area contributed by atoms with Crippen LogP contribution in [0.15, 0.2) is 5.38 Å². The van der Waals surface area contributed by atoms with Crippen LogP contribution in [0.2, 0.25) is 0 Å². The number of benzene rings is 1. The lowest BCUT2D eigenvalue weighted by atomic mass is 9.98. The Morgan fingerprint density at radius 1 is 1.11 bits per heavy atom. The molecule has 0 fully saturated rings. The van der Waals surface area contributed by atoms with Crippen molar-refractivity contribution in [3.63, 3.8) is 0 Å². The van der Waals surface area contributed by atoms with Crippen LogP contribution in [-0.2, 0) is 16.4 Å². The number of nitrogens with zero attached hydrogens (tertiary/aromatic N) is 1. The van der Waals surface area contributed by atoms with Crippen LogP contribution in [0.5, 0.6) is 23.0 Å². The van der Waals surface area contributed by atoms with Crippen molar-refractivity contribution in [1.82, 2.24) is 4.98 Å². The molecular weight excluding hydrogens is 386 g/mol. The van der Waals surface area contributed by atoms with Gasteiger partial charge in [-0.15, -0.1) is 11.3 Å². The number of nitrogen functional groups attached to an aromatic ring is 1. The number of phenols is 4. The standard InChI is InChI=1S/C14H17N3O9S/c1-2-13(23,24)5-7(18)9(20)6(10(21)8(5)19)17-11(22)14(25,26)4-3-27-12(15)16-4/h3,18-21,23-26H,2H2,1H3,(H2,15,16)(H,17,22). The number of anilines is 2. The lowest BCUT2D eigenvalue weighted by molar-refractivity contribution is -0.185. The number of thiazole rings is 1. The van der Waals surface area contributed by atoms with E-state index in [1.165, 1.54) is 6.92 Å². The topological polar surface area (TPSA) is 230 Å². The fourth-order valence-corrected chi connectivity index (χ4v) is 2.74. The molecule has 148 valence electrons. The Balaban J connectivity index is 2.50. The first kappa shape index (κ1) is 20.5. The molecule has 12 nitrogen and oxygen atoms in total. The highest BCUT2D eigenvalue weighted by Crippen LogP contribution is 2.53. The van der Waals surface area contributed by atoms with Gasteiger partial charge in [-0.05, 0) is 0 Å². The molecule has 11 N–H and O–H groups in total. The number of aromatic hydroxyl groups is 4. The molecule has 1 aromatic heterocycles. The van der Waals surface area contributed by atoms with Crippen LogP contribution in [0.4, 0.5) is 10.8 Å². The summed E-state index contributed by atoms with van der Waals surface area (Å²) in [7, 11) is 0. The van der Waals surface area contributed by atoms with E-state index in [0.29, 0.717) is 0 Å². The molecule has 0 unspecified atom stereocenters. The summed E-state index contributed by atoms with van der Waals surface area (Å²) in [4.78, 5) is 15.7. The Morgan fingerprint density at radius 3 is 2.04 bits per heavy atom. The predicted molar refractivity (Wildman–Crippen MR) is 90.8 cm³/mol. The van der Waals surface area contributed by atoms with Gasteiger partial charge in [0.25, 0.3) is 11.7 Å². The second-order valence-corrected chi connectivity index (χ2v) is 6.40. The normalized spacial score (nSPS) is 12.2. The van der Waals surface area contributed by atoms with Gasteiger partial charge in [0.2, 0.25) is 0 Å². The van der Waals surface area contributed by atoms with Crippen LogP contribution in [-0.4, -0.2) is 51.7 Å². The SMILES string of the molecule is CCC(O)(O)c1c(O)c(O)c(NC(=O)C(O)(O)c2csc(N)n2)c(O)c1O. The van der Waals surface area contributed by atoms with E-state index < -0.39 is 63.8 Å². The van der Waals surface area contributed by atoms with E-state index in [1.54, 1.807) is 5.32 Å². The summed E-state index contributed by atoms with van der Waals surface area (Å²) >= 11 is 0.806. The maximum Gasteiger partial charge on any atom is 0.291 e. The van der Waals surface area contributed by atoms with Gasteiger partial charge in [0.05, 0.1) is 0 Å². The number of phenolic OH excluding ortho intramolecular Hbond substituents is 4. The number of nitrogens with two attached hydrogens (primary N) is 1. The Bertz CT molecular complexity index is 865. The van der Waals surface area contributed by atoms with Gasteiger partial charge in [-0.25, -0.2) is 4.98 Å². The third-order valence-corrected chi connectivity index (χ3v) is 4.40. The Morgan fingerprint density at radius 2 is 1.63 bits per heavy atom. The minimum Gasteiger partial charge on any atom is -0.504 e. The minimum atomic E-state index is -3.24. The molecule has 27 heavy (non-hydrogen) atoms. The van der Waals surface area contributed by atoms with Crippen LogP contribution in [0.1, 0.15) is 24.6 Å². The fourth-order valence-electron chi connectivity index (χ4n) is 2.14. The summed E-state index contributed by atoms with van der Waals surface area (Å²) in [6, 6.07) is 0. The van der Waals surface area contributed by atoms with Gasteiger partial charge in [0.15, 0.2) is 33.9 Å². The van der Waals surface area contributed by atoms with Gasteiger partial charge in [-0.1, -0.05) is 6.92 Å². The molecule has 0 aliphatic rings. The summed E-state index contributed by atoms with van der Waals surface area (Å²) in [6.45, 7) is 1.27. The number of hydrogen-bond donors (Lipinski definition) is 10. The Kier molecular flexibility index (Phi) is 5.09. The molecule has 1 aromatic carbocycles. The van der Waals surface area contributed by atoms with Gasteiger partial charge >= 0.3 is 0 Å². The number of nitrogens with one attached hydrogen (secondary N) is 1. The van der Waals surface area contributed by atoms with E-state index in [4.69, 9.17) is 5.73 Å². The Hall–Kier alpha value is -2.84. The van der Waals surface area contributed by atoms with Crippen molar-refractivity contribution in [2.75, 3.05) is 11.1 Å². The third kappa shape index (κ3) is 3.41. The number of amides is 1. The van der Waals surface area contributed by atoms with Crippen LogP contribution < -0.4 is 11.1 Å². The molecule has 0 aliphatic heterocycles. The highest BCUT2D eigenvalue weighted by molar-refractivity contribution is 7.13. The van der Waals surface area contributed by atoms with Gasteiger partial charge < -0.3 is 51.9 Å². The fraction of sp³-hybridized carbons (Fsp3) is 0.286. The zero-order valence-corrected chi connectivity index (χ0v) is 14.5. The minimum absolute atomic E-state index is 0.0718. The smallest absolute Gasteiger partial charge is 0.291 e. The van der Waals surface area contributed by atoms with Crippen LogP contribution in [0.3, 0.4) is 0 Å². The second kappa shape index (κ2) is 6.71. The van der Waals surface area contributed by atoms with Crippen molar-refractivity contribution in [1.29, 1.82) is 0 Å². The zero-order valence-electron chi connectivity index (χ0n) is 13.7. The highest BCUT2D eigenvalue weighted by Gasteiger charge is 2.41. The molecular formula is C14H17N3O9S. The highest BCUT2D eigenvalue weighted by atomic mass is 32.1. The van der Waals surface area contributed by atoms with Crippen molar-refractivity contribution in [3.8, 4) is 23.0 Å². The second-order valence-electron chi connectivity index (χ2n) is 5.51. The van der Waals surface area contributed by atoms with Crippen molar-refractivity contribution < 1.29 is 45.6 Å². The molecule has 0 bridgehead atoms. The van der Waals surface area contributed by atoms with Crippen molar-refractivity contribution in [2.45, 2.75) is 24.9 Å². The van der Waals surface area contributed by atoms with Crippen LogP contribution in [0.25, 0.3) is 0 Å². The maximum atomic E-state index is 12.1. The summed E-state index contributed by atoms with van der Waals surface area (Å²) in [5.74, 6) is -12.7. The molecule has 0 atom stereocenters. The van der Waals surface area contributed by atoms with Gasteiger partial charge in [0.1, 0.15) is 16.9 Å². The van der Waals surface area contributed by atoms with Crippen molar-refractivity contribution in [2.24, 2.45) is 0 Å². The van der Waals surface area contributed by atoms with Crippen molar-refractivity contribution >= 4 is 28.1 Å². The molecule has 1 amide bonds. The zero-order chi connectivity index (χ0) is 20.7. The van der Waals surface area contributed by atoms with E-state index in [9.17, 15) is 45.6 Å². The molecule has 0 saturated heterocycles. The number of rotatable bonds is 5. The quantitative estimate of drug-likeness (QED) is 0.163. The summed E-state index contributed by atoms with van der Waals surface area (Å²) in [6.07, 6.45) is -0.444. The number of hydrogen-bond acceptors (Lipinski definition) is 12. The van der Waals surface area contributed by atoms with E-state index in [0.717, 1.165) is 16.7 Å². The first-order valence-corrected chi connectivity index (χ1v) is 8.15. The van der Waals surface area contributed by atoms with Crippen molar-refractivity contribution in [3.05, 3.63) is 16.6 Å². The van der Waals surface area contributed by atoms with E-state index in [2.05, 4.69) is 4.98 Å². The number of carbonyl (C=O) groups is 1. The first-order valence-electron chi connectivity index (χ1n) is 7.27. The number of aromatic nitrogens is 1. The molecule has 2 rings (SSSR count). The first-order chi connectivity index (χ1) is 12.3. The maximum absolute atomic E-state index is 12.1. The van der Waals surface area contributed by atoms with Gasteiger partial charge in [-0.2, -0.15) is 0 Å². The third-order valence-electron chi connectivity index (χ3n) is 3.72. The summed E-state index contributed by atoms with van der Waals surface area (Å²) in [5, 5.41) is 82.0. The summed E-state index contributed by atoms with van der Waals surface area (Å²) < 4.78 is 0. The molecule has 0 aliphatic carbocycles. The predicted octanol–water partition coefficient (Wildman–Crippen LogP) is -1.13. The average Bonchev–Trinajstić information content (AvgIpc) is 3.04. The monoisotopic (exact) mass is 403 g/mol. The van der Waals surface area contributed by atoms with Gasteiger partial charge in [-0.3, -0.25) is 4.79 Å². The lowest BCUT2D eigenvalue weighted by Gasteiger charge is -2.25. The Labute approximate surface area is 155 Å². The lowest BCUT2D eigenvalue weighted by Crippen LogP contribution is -2.40. The van der Waals surface area contributed by atoms with Gasteiger partial charge in [0, 0.05) is 11.8 Å². The molecule has 0 saturated carbocycles. The number of carbonyl (C=O) groups excluding carboxylic acids is 1. The largest absolute Gasteiger partial charge is 0.504 e. The van der Waals surface area contributed by atoms with Crippen LogP contribution >= 0.6 is 11.3 Å². The molecule has 0 radical (unpaired) electrons. The van der Waals surface area contributed by atoms with Crippen LogP contribution in [0, 0.1) is 0 Å². The molecule has 0 spiro atoms. The van der Waals surface area contributed by atoms with E-state index >= 15 is 0 Å². The number of aliphatic hydroxyl groups is 4. The molecule has 13 heteroatoms. The van der Waals surface area contributed by atoms with E-state index in [1.807, 2.05) is 0 Å².